The van der Waals surface area contributed by atoms with Crippen LogP contribution in [0, 0.1) is 13.8 Å². The van der Waals surface area contributed by atoms with Gasteiger partial charge in [0.05, 0.1) is 11.9 Å². The van der Waals surface area contributed by atoms with Gasteiger partial charge in [-0.15, -0.1) is 11.3 Å². The van der Waals surface area contributed by atoms with Crippen LogP contribution in [0.5, 0.6) is 0 Å². The van der Waals surface area contributed by atoms with Gasteiger partial charge in [-0.3, -0.25) is 4.18 Å². The number of aromatic nitrogens is 1. The summed E-state index contributed by atoms with van der Waals surface area (Å²) in [5.41, 5.74) is 0.928. The van der Waals surface area contributed by atoms with Crippen LogP contribution in [0.4, 0.5) is 0 Å². The zero-order valence-electron chi connectivity index (χ0n) is 7.70. The molecule has 1 aromatic rings. The zero-order valence-corrected chi connectivity index (χ0v) is 9.33. The smallest absolute Gasteiger partial charge is 0.263 e. The van der Waals surface area contributed by atoms with Crippen molar-refractivity contribution in [2.24, 2.45) is 0 Å². The predicted octanol–water partition coefficient (Wildman–Crippen LogP) is 1.24. The number of nitrogens with zero attached hydrogens (tertiary/aromatic N) is 1. The molecule has 6 heteroatoms. The Bertz CT molecular complexity index is 374. The maximum Gasteiger partial charge on any atom is 0.264 e. The number of aryl methyl sites for hydroxylation is 2. The molecule has 13 heavy (non-hydrogen) atoms. The van der Waals surface area contributed by atoms with Crippen LogP contribution in [0.15, 0.2) is 0 Å². The molecule has 0 atom stereocenters. The summed E-state index contributed by atoms with van der Waals surface area (Å²) >= 11 is 1.45. The van der Waals surface area contributed by atoms with Crippen molar-refractivity contribution >= 4 is 21.5 Å². The number of hydrogen-bond acceptors (Lipinski definition) is 5. The van der Waals surface area contributed by atoms with E-state index in [1.165, 1.54) is 11.3 Å². The van der Waals surface area contributed by atoms with Crippen LogP contribution in [0.25, 0.3) is 0 Å². The van der Waals surface area contributed by atoms with Gasteiger partial charge in [0.15, 0.2) is 0 Å². The highest BCUT2D eigenvalue weighted by molar-refractivity contribution is 7.85. The summed E-state index contributed by atoms with van der Waals surface area (Å²) in [6.07, 6.45) is 1.03. The first-order chi connectivity index (χ1) is 5.88. The van der Waals surface area contributed by atoms with Crippen molar-refractivity contribution in [2.45, 2.75) is 20.5 Å². The van der Waals surface area contributed by atoms with Crippen LogP contribution < -0.4 is 0 Å². The molecule has 0 aromatic carbocycles. The van der Waals surface area contributed by atoms with Gasteiger partial charge in [0.25, 0.3) is 10.1 Å². The molecule has 74 valence electrons. The first-order valence-corrected chi connectivity index (χ1v) is 6.29. The van der Waals surface area contributed by atoms with Crippen molar-refractivity contribution in [1.82, 2.24) is 4.98 Å². The largest absolute Gasteiger partial charge is 0.264 e. The molecule has 0 fully saturated rings. The number of rotatable bonds is 3. The summed E-state index contributed by atoms with van der Waals surface area (Å²) in [5.74, 6) is 0. The van der Waals surface area contributed by atoms with Crippen molar-refractivity contribution in [3.63, 3.8) is 0 Å². The van der Waals surface area contributed by atoms with Crippen LogP contribution in [0.3, 0.4) is 0 Å². The lowest BCUT2D eigenvalue weighted by Crippen LogP contribution is -2.02. The molecule has 0 radical (unpaired) electrons. The topological polar surface area (TPSA) is 56.3 Å². The van der Waals surface area contributed by atoms with Crippen LogP contribution in [0.2, 0.25) is 0 Å². The molecule has 0 N–H and O–H groups in total. The van der Waals surface area contributed by atoms with Crippen molar-refractivity contribution in [1.29, 1.82) is 0 Å². The Hall–Kier alpha value is -0.460. The minimum atomic E-state index is -3.36. The second-order valence-corrected chi connectivity index (χ2v) is 5.65. The molecule has 0 aliphatic rings. The third-order valence-electron chi connectivity index (χ3n) is 1.47. The highest BCUT2D eigenvalue weighted by atomic mass is 32.2. The summed E-state index contributed by atoms with van der Waals surface area (Å²) < 4.78 is 25.9. The highest BCUT2D eigenvalue weighted by Gasteiger charge is 2.07. The first-order valence-electron chi connectivity index (χ1n) is 3.66. The molecule has 0 spiro atoms. The van der Waals surface area contributed by atoms with Gasteiger partial charge < -0.3 is 0 Å². The predicted molar refractivity (Wildman–Crippen MR) is 51.2 cm³/mol. The van der Waals surface area contributed by atoms with E-state index in [1.807, 2.05) is 13.8 Å². The minimum Gasteiger partial charge on any atom is -0.263 e. The van der Waals surface area contributed by atoms with Gasteiger partial charge in [0, 0.05) is 4.88 Å². The fourth-order valence-electron chi connectivity index (χ4n) is 0.758. The maximum absolute atomic E-state index is 10.7. The van der Waals surface area contributed by atoms with Crippen LogP contribution in [-0.2, 0) is 20.9 Å². The van der Waals surface area contributed by atoms with Gasteiger partial charge in [-0.05, 0) is 13.8 Å². The van der Waals surface area contributed by atoms with Gasteiger partial charge in [0.2, 0.25) is 0 Å². The molecular formula is C7H11NO3S2. The monoisotopic (exact) mass is 221 g/mol. The third kappa shape index (κ3) is 3.41. The van der Waals surface area contributed by atoms with Crippen LogP contribution in [-0.4, -0.2) is 19.7 Å². The quantitative estimate of drug-likeness (QED) is 0.720. The lowest BCUT2D eigenvalue weighted by atomic mass is 10.4. The Morgan fingerprint density at radius 3 is 2.46 bits per heavy atom. The molecule has 1 heterocycles. The van der Waals surface area contributed by atoms with Gasteiger partial charge >= 0.3 is 0 Å². The second kappa shape index (κ2) is 3.73. The van der Waals surface area contributed by atoms with Crippen LogP contribution in [0.1, 0.15) is 15.6 Å². The van der Waals surface area contributed by atoms with E-state index in [0.29, 0.717) is 5.01 Å². The molecule has 0 saturated heterocycles. The average Bonchev–Trinajstić information content (AvgIpc) is 2.27. The molecule has 0 amide bonds. The summed E-state index contributed by atoms with van der Waals surface area (Å²) in [6.45, 7) is 3.87. The van der Waals surface area contributed by atoms with Gasteiger partial charge in [-0.1, -0.05) is 0 Å². The fraction of sp³-hybridized carbons (Fsp3) is 0.571. The van der Waals surface area contributed by atoms with Gasteiger partial charge in [-0.25, -0.2) is 4.98 Å². The molecule has 0 unspecified atom stereocenters. The van der Waals surface area contributed by atoms with E-state index in [2.05, 4.69) is 9.17 Å². The van der Waals surface area contributed by atoms with Gasteiger partial charge in [-0.2, -0.15) is 8.42 Å². The minimum absolute atomic E-state index is 0.0399. The molecule has 0 bridgehead atoms. The van der Waals surface area contributed by atoms with E-state index in [9.17, 15) is 8.42 Å². The van der Waals surface area contributed by atoms with E-state index in [-0.39, 0.29) is 6.61 Å². The Morgan fingerprint density at radius 2 is 2.08 bits per heavy atom. The van der Waals surface area contributed by atoms with Crippen molar-refractivity contribution in [2.75, 3.05) is 6.26 Å². The van der Waals surface area contributed by atoms with Crippen molar-refractivity contribution < 1.29 is 12.6 Å². The number of hydrogen-bond donors (Lipinski definition) is 0. The highest BCUT2D eigenvalue weighted by Crippen LogP contribution is 2.17. The molecule has 0 aliphatic heterocycles. The lowest BCUT2D eigenvalue weighted by Gasteiger charge is -1.95. The molecular weight excluding hydrogens is 210 g/mol. The van der Waals surface area contributed by atoms with E-state index < -0.39 is 10.1 Å². The molecule has 0 saturated carbocycles. The zero-order chi connectivity index (χ0) is 10.1. The van der Waals surface area contributed by atoms with E-state index in [0.717, 1.165) is 16.8 Å². The van der Waals surface area contributed by atoms with Gasteiger partial charge in [0.1, 0.15) is 11.6 Å². The van der Waals surface area contributed by atoms with E-state index in [4.69, 9.17) is 0 Å². The molecule has 1 rings (SSSR count). The summed E-state index contributed by atoms with van der Waals surface area (Å²) in [7, 11) is -3.36. The van der Waals surface area contributed by atoms with Crippen molar-refractivity contribution in [3.05, 3.63) is 15.6 Å². The van der Waals surface area contributed by atoms with Crippen LogP contribution >= 0.6 is 11.3 Å². The SMILES string of the molecule is Cc1nc(COS(C)(=O)=O)sc1C. The Labute approximate surface area is 81.7 Å². The van der Waals surface area contributed by atoms with E-state index >= 15 is 0 Å². The second-order valence-electron chi connectivity index (χ2n) is 2.72. The summed E-state index contributed by atoms with van der Waals surface area (Å²) in [6, 6.07) is 0. The third-order valence-corrected chi connectivity index (χ3v) is 3.06. The van der Waals surface area contributed by atoms with Crippen molar-refractivity contribution in [3.8, 4) is 0 Å². The maximum atomic E-state index is 10.7. The lowest BCUT2D eigenvalue weighted by molar-refractivity contribution is 0.311. The Morgan fingerprint density at radius 1 is 1.46 bits per heavy atom. The summed E-state index contributed by atoms with van der Waals surface area (Å²) in [4.78, 5) is 5.23. The molecule has 0 aliphatic carbocycles. The Kier molecular flexibility index (Phi) is 3.05. The fourth-order valence-corrected chi connectivity index (χ4v) is 2.01. The average molecular weight is 221 g/mol. The first kappa shape index (κ1) is 10.6. The Balaban J connectivity index is 2.66. The molecule has 1 aromatic heterocycles. The summed E-state index contributed by atoms with van der Waals surface area (Å²) in [5, 5.41) is 0.695. The normalized spacial score (nSPS) is 11.9. The van der Waals surface area contributed by atoms with E-state index in [1.54, 1.807) is 0 Å². The molecule has 4 nitrogen and oxygen atoms in total. The number of thiazole rings is 1. The standard InChI is InChI=1S/C7H11NO3S2/c1-5-6(2)12-7(8-5)4-11-13(3,9)10/h4H2,1-3H3.